The Hall–Kier alpha value is -2.00. The summed E-state index contributed by atoms with van der Waals surface area (Å²) in [6.45, 7) is 9.31. The van der Waals surface area contributed by atoms with Crippen molar-refractivity contribution in [3.8, 4) is 6.01 Å². The van der Waals surface area contributed by atoms with Gasteiger partial charge >= 0.3 is 12.1 Å². The lowest BCUT2D eigenvalue weighted by atomic mass is 9.84. The minimum atomic E-state index is -0.774. The van der Waals surface area contributed by atoms with Gasteiger partial charge in [-0.15, -0.1) is 0 Å². The van der Waals surface area contributed by atoms with E-state index < -0.39 is 11.8 Å². The van der Waals surface area contributed by atoms with E-state index >= 15 is 0 Å². The van der Waals surface area contributed by atoms with Crippen LogP contribution in [0.2, 0.25) is 0 Å². The Balaban J connectivity index is 1.22. The molecular formula is C27H40FN5O3. The molecule has 4 fully saturated rings. The molecule has 198 valence electrons. The zero-order chi connectivity index (χ0) is 25.1. The third-order valence-corrected chi connectivity index (χ3v) is 8.90. The number of ether oxygens (including phenoxy) is 2. The van der Waals surface area contributed by atoms with Crippen molar-refractivity contribution in [1.29, 1.82) is 0 Å². The molecule has 4 saturated heterocycles. The fraction of sp³-hybridized carbons (Fsp3) is 0.815. The molecule has 2 bridgehead atoms. The molecule has 0 saturated carbocycles. The van der Waals surface area contributed by atoms with Crippen molar-refractivity contribution in [2.45, 2.75) is 114 Å². The summed E-state index contributed by atoms with van der Waals surface area (Å²) in [7, 11) is 0. The van der Waals surface area contributed by atoms with Crippen LogP contribution in [0.3, 0.4) is 0 Å². The Morgan fingerprint density at radius 2 is 2.00 bits per heavy atom. The molecule has 5 aliphatic heterocycles. The third kappa shape index (κ3) is 4.46. The van der Waals surface area contributed by atoms with Gasteiger partial charge in [0.25, 0.3) is 0 Å². The van der Waals surface area contributed by atoms with E-state index in [2.05, 4.69) is 10.2 Å². The number of amides is 1. The highest BCUT2D eigenvalue weighted by Crippen LogP contribution is 2.45. The molecule has 1 aromatic rings. The summed E-state index contributed by atoms with van der Waals surface area (Å²) in [6.07, 6.45) is 6.38. The van der Waals surface area contributed by atoms with Gasteiger partial charge in [0.2, 0.25) is 0 Å². The van der Waals surface area contributed by atoms with Gasteiger partial charge in [-0.05, 0) is 84.4 Å². The summed E-state index contributed by atoms with van der Waals surface area (Å²) >= 11 is 0. The second kappa shape index (κ2) is 9.08. The van der Waals surface area contributed by atoms with Gasteiger partial charge in [0.1, 0.15) is 18.4 Å². The van der Waals surface area contributed by atoms with Gasteiger partial charge in [0.15, 0.2) is 0 Å². The maximum absolute atomic E-state index is 14.2. The van der Waals surface area contributed by atoms with Gasteiger partial charge < -0.3 is 19.7 Å². The van der Waals surface area contributed by atoms with Crippen molar-refractivity contribution in [3.63, 3.8) is 0 Å². The molecule has 0 radical (unpaired) electrons. The molecule has 5 aliphatic rings. The van der Waals surface area contributed by atoms with Gasteiger partial charge in [-0.2, -0.15) is 9.97 Å². The van der Waals surface area contributed by atoms with Crippen molar-refractivity contribution in [3.05, 3.63) is 17.0 Å². The lowest BCUT2D eigenvalue weighted by Gasteiger charge is -2.40. The summed E-state index contributed by atoms with van der Waals surface area (Å²) in [6, 6.07) is 0.801. The first-order valence-electron chi connectivity index (χ1n) is 13.8. The highest BCUT2D eigenvalue weighted by Gasteiger charge is 2.50. The number of piperidine rings is 1. The second-order valence-electron chi connectivity index (χ2n) is 12.5. The van der Waals surface area contributed by atoms with Crippen LogP contribution in [0.5, 0.6) is 6.01 Å². The number of carbonyl (C=O) groups excluding carboxylic acids is 1. The molecule has 0 aliphatic carbocycles. The number of hydrogen-bond acceptors (Lipinski definition) is 7. The summed E-state index contributed by atoms with van der Waals surface area (Å²) in [5.74, 6) is 0.279. The highest BCUT2D eigenvalue weighted by atomic mass is 19.1. The topological polar surface area (TPSA) is 79.8 Å². The number of rotatable bonds is 4. The van der Waals surface area contributed by atoms with Crippen LogP contribution in [0.4, 0.5) is 9.18 Å². The van der Waals surface area contributed by atoms with E-state index in [1.54, 1.807) is 0 Å². The van der Waals surface area contributed by atoms with Gasteiger partial charge in [-0.3, -0.25) is 4.90 Å². The molecule has 1 aromatic heterocycles. The van der Waals surface area contributed by atoms with Crippen molar-refractivity contribution >= 4 is 6.09 Å². The van der Waals surface area contributed by atoms with Crippen LogP contribution in [0, 0.1) is 0 Å². The number of hydrogen-bond donors (Lipinski definition) is 1. The minimum Gasteiger partial charge on any atom is -0.461 e. The first-order valence-corrected chi connectivity index (χ1v) is 13.8. The van der Waals surface area contributed by atoms with Crippen molar-refractivity contribution in [2.75, 3.05) is 26.2 Å². The van der Waals surface area contributed by atoms with Gasteiger partial charge in [-0.1, -0.05) is 0 Å². The Kier molecular flexibility index (Phi) is 6.14. The van der Waals surface area contributed by atoms with Crippen LogP contribution in [0.25, 0.3) is 0 Å². The quantitative estimate of drug-likeness (QED) is 0.674. The largest absolute Gasteiger partial charge is 0.461 e. The van der Waals surface area contributed by atoms with Crippen LogP contribution < -0.4 is 10.1 Å². The van der Waals surface area contributed by atoms with Crippen molar-refractivity contribution in [2.24, 2.45) is 0 Å². The molecule has 1 N–H and O–H groups in total. The number of aromatic nitrogens is 2. The summed E-state index contributed by atoms with van der Waals surface area (Å²) in [5, 5.41) is 3.44. The average molecular weight is 502 g/mol. The number of nitrogens with one attached hydrogen (secondary N) is 1. The van der Waals surface area contributed by atoms with Crippen LogP contribution in [0.15, 0.2) is 0 Å². The maximum Gasteiger partial charge on any atom is 0.410 e. The molecule has 8 nitrogen and oxygen atoms in total. The molecule has 0 aromatic carbocycles. The number of halogens is 1. The zero-order valence-corrected chi connectivity index (χ0v) is 21.9. The van der Waals surface area contributed by atoms with Gasteiger partial charge in [0.05, 0.1) is 16.9 Å². The zero-order valence-electron chi connectivity index (χ0n) is 21.9. The fourth-order valence-corrected chi connectivity index (χ4v) is 7.43. The predicted molar refractivity (Wildman–Crippen MR) is 133 cm³/mol. The first-order chi connectivity index (χ1) is 17.2. The summed E-state index contributed by atoms with van der Waals surface area (Å²) in [5.41, 5.74) is 2.68. The molecule has 36 heavy (non-hydrogen) atoms. The molecule has 1 amide bonds. The molecule has 6 rings (SSSR count). The Labute approximate surface area is 213 Å². The standard InChI is InChI=1S/C27H40FN5O3/c1-26(2,3)36-25(34)33-19-5-6-20(33)12-17(11-19)23-21-7-9-29-14-22(21)30-24(31-23)35-16-27-8-4-10-32(27)15-18(28)13-27/h17-20,29H,4-16H2,1-3H3/t17?,18-,19?,20?,27+/m1/s1. The van der Waals surface area contributed by atoms with Crippen LogP contribution in [-0.4, -0.2) is 81.5 Å². The third-order valence-electron chi connectivity index (χ3n) is 8.90. The number of nitrogens with zero attached hydrogens (tertiary/aromatic N) is 4. The smallest absolute Gasteiger partial charge is 0.410 e. The summed E-state index contributed by atoms with van der Waals surface area (Å²) in [4.78, 5) is 27.0. The lowest BCUT2D eigenvalue weighted by Crippen LogP contribution is -2.48. The van der Waals surface area contributed by atoms with Gasteiger partial charge in [0, 0.05) is 37.5 Å². The van der Waals surface area contributed by atoms with Crippen molar-refractivity contribution < 1.29 is 18.7 Å². The molecule has 6 heterocycles. The van der Waals surface area contributed by atoms with E-state index in [9.17, 15) is 9.18 Å². The predicted octanol–water partition coefficient (Wildman–Crippen LogP) is 3.72. The summed E-state index contributed by atoms with van der Waals surface area (Å²) < 4.78 is 26.2. The lowest BCUT2D eigenvalue weighted by molar-refractivity contribution is 0.00561. The van der Waals surface area contributed by atoms with Crippen LogP contribution in [0.1, 0.15) is 88.6 Å². The van der Waals surface area contributed by atoms with E-state index in [-0.39, 0.29) is 29.6 Å². The van der Waals surface area contributed by atoms with E-state index in [0.29, 0.717) is 32.1 Å². The van der Waals surface area contributed by atoms with Crippen molar-refractivity contribution in [1.82, 2.24) is 25.1 Å². The fourth-order valence-electron chi connectivity index (χ4n) is 7.43. The van der Waals surface area contributed by atoms with E-state index in [1.807, 2.05) is 25.7 Å². The monoisotopic (exact) mass is 501 g/mol. The maximum atomic E-state index is 14.2. The van der Waals surface area contributed by atoms with E-state index in [1.165, 1.54) is 5.56 Å². The average Bonchev–Trinajstić information content (AvgIpc) is 3.43. The molecule has 9 heteroatoms. The van der Waals surface area contributed by atoms with E-state index in [4.69, 9.17) is 19.4 Å². The highest BCUT2D eigenvalue weighted by molar-refractivity contribution is 5.69. The van der Waals surface area contributed by atoms with Gasteiger partial charge in [-0.25, -0.2) is 9.18 Å². The molecular weight excluding hydrogens is 461 g/mol. The SMILES string of the molecule is CC(C)(C)OC(=O)N1C2CCC1CC(c1nc(OC[C@@]34CCCN3C[C@H](F)C4)nc3c1CCNC3)C2. The molecule has 2 unspecified atom stereocenters. The van der Waals surface area contributed by atoms with Crippen LogP contribution in [-0.2, 0) is 17.7 Å². The Bertz CT molecular complexity index is 1000. The number of alkyl halides is 1. The molecule has 0 spiro atoms. The first kappa shape index (κ1) is 24.3. The Morgan fingerprint density at radius 3 is 2.75 bits per heavy atom. The number of carbonyl (C=O) groups is 1. The van der Waals surface area contributed by atoms with Crippen LogP contribution >= 0.6 is 0 Å². The normalized spacial score (nSPS) is 33.9. The molecule has 4 atom stereocenters. The van der Waals surface area contributed by atoms with E-state index in [0.717, 1.165) is 69.4 Å². The number of fused-ring (bicyclic) bond motifs is 4. The Morgan fingerprint density at radius 1 is 1.22 bits per heavy atom. The second-order valence-corrected chi connectivity index (χ2v) is 12.5. The minimum absolute atomic E-state index is 0.186.